The molecule has 2 heterocycles. The number of unbranched alkanes of at least 4 members (excludes halogenated alkanes) is 1. The van der Waals surface area contributed by atoms with Gasteiger partial charge in [0, 0.05) is 57.9 Å². The van der Waals surface area contributed by atoms with Crippen LogP contribution in [0.2, 0.25) is 0 Å². The second kappa shape index (κ2) is 18.7. The summed E-state index contributed by atoms with van der Waals surface area (Å²) < 4.78 is 5.32. The van der Waals surface area contributed by atoms with Crippen molar-refractivity contribution in [2.75, 3.05) is 39.4 Å². The van der Waals surface area contributed by atoms with Gasteiger partial charge in [0.2, 0.25) is 23.6 Å². The van der Waals surface area contributed by atoms with E-state index in [-0.39, 0.29) is 49.4 Å². The van der Waals surface area contributed by atoms with Crippen LogP contribution in [0.4, 0.5) is 4.79 Å². The highest BCUT2D eigenvalue weighted by Gasteiger charge is 2.34. The maximum Gasteiger partial charge on any atom is 0.405 e. The first-order valence-corrected chi connectivity index (χ1v) is 17.7. The summed E-state index contributed by atoms with van der Waals surface area (Å²) in [5.74, 6) is -1.16. The standard InChI is InChI=1S/C39H47N5O7/c45-35(43-21-23-51-24-22-43)18-19-36(46)44-27-31-16-8-7-15-30(31)25-34(44)38(48)40-20-10-9-17-33(42-39(49)50)37(47)41-26-32(28-11-3-1-4-12-28)29-13-5-2-6-14-29/h1-8,11-16,32-34,42H,9-10,17-27H2,(H,40,48)(H,41,47)(H,49,50)/t33-,34-/m0/s1. The van der Waals surface area contributed by atoms with E-state index in [0.29, 0.717) is 58.7 Å². The second-order valence-electron chi connectivity index (χ2n) is 12.9. The molecule has 5 rings (SSSR count). The lowest BCUT2D eigenvalue weighted by molar-refractivity contribution is -0.144. The Kier molecular flexibility index (Phi) is 13.6. The fourth-order valence-electron chi connectivity index (χ4n) is 6.69. The third kappa shape index (κ3) is 10.6. The Morgan fingerprint density at radius 2 is 1.37 bits per heavy atom. The first-order chi connectivity index (χ1) is 24.8. The molecule has 1 saturated heterocycles. The first kappa shape index (κ1) is 37.0. The Labute approximate surface area is 298 Å². The van der Waals surface area contributed by atoms with Gasteiger partial charge < -0.3 is 35.6 Å². The number of morpholine rings is 1. The smallest absolute Gasteiger partial charge is 0.405 e. The Hall–Kier alpha value is -5.23. The average Bonchev–Trinajstić information content (AvgIpc) is 3.16. The monoisotopic (exact) mass is 697 g/mol. The number of carboxylic acid groups (broad SMARTS) is 1. The summed E-state index contributed by atoms with van der Waals surface area (Å²) in [6.07, 6.45) is 0.373. The average molecular weight is 698 g/mol. The van der Waals surface area contributed by atoms with Gasteiger partial charge in [-0.15, -0.1) is 0 Å². The van der Waals surface area contributed by atoms with Gasteiger partial charge in [-0.2, -0.15) is 0 Å². The topological polar surface area (TPSA) is 157 Å². The number of fused-ring (bicyclic) bond motifs is 1. The van der Waals surface area contributed by atoms with E-state index >= 15 is 0 Å². The predicted molar refractivity (Wildman–Crippen MR) is 191 cm³/mol. The van der Waals surface area contributed by atoms with Crippen LogP contribution in [-0.4, -0.2) is 96.1 Å². The second-order valence-corrected chi connectivity index (χ2v) is 12.9. The number of amides is 5. The van der Waals surface area contributed by atoms with E-state index in [9.17, 15) is 29.1 Å². The number of ether oxygens (including phenoxy) is 1. The summed E-state index contributed by atoms with van der Waals surface area (Å²) in [4.78, 5) is 67.7. The third-order valence-corrected chi connectivity index (χ3v) is 9.51. The van der Waals surface area contributed by atoms with Crippen LogP contribution >= 0.6 is 0 Å². The molecule has 2 atom stereocenters. The molecule has 0 spiro atoms. The zero-order valence-electron chi connectivity index (χ0n) is 28.8. The summed E-state index contributed by atoms with van der Waals surface area (Å²) in [5.41, 5.74) is 4.04. The Balaban J connectivity index is 1.12. The van der Waals surface area contributed by atoms with E-state index in [4.69, 9.17) is 4.74 Å². The molecule has 51 heavy (non-hydrogen) atoms. The molecular weight excluding hydrogens is 650 g/mol. The maximum absolute atomic E-state index is 13.5. The molecule has 0 aliphatic carbocycles. The number of carbonyl (C=O) groups excluding carboxylic acids is 4. The minimum Gasteiger partial charge on any atom is -0.465 e. The molecule has 0 radical (unpaired) electrons. The number of hydrogen-bond donors (Lipinski definition) is 4. The fourth-order valence-corrected chi connectivity index (χ4v) is 6.69. The van der Waals surface area contributed by atoms with Gasteiger partial charge in [-0.1, -0.05) is 84.9 Å². The van der Waals surface area contributed by atoms with E-state index in [0.717, 1.165) is 22.3 Å². The number of rotatable bonds is 15. The molecule has 3 aromatic rings. The summed E-state index contributed by atoms with van der Waals surface area (Å²) in [6.45, 7) is 2.86. The number of nitrogens with zero attached hydrogens (tertiary/aromatic N) is 2. The molecule has 0 aromatic heterocycles. The molecule has 0 bridgehead atoms. The highest BCUT2D eigenvalue weighted by Crippen LogP contribution is 2.26. The summed E-state index contributed by atoms with van der Waals surface area (Å²) in [7, 11) is 0. The molecule has 270 valence electrons. The van der Waals surface area contributed by atoms with E-state index in [1.807, 2.05) is 84.9 Å². The highest BCUT2D eigenvalue weighted by atomic mass is 16.5. The molecule has 4 N–H and O–H groups in total. The van der Waals surface area contributed by atoms with Crippen LogP contribution in [0.15, 0.2) is 84.9 Å². The molecule has 1 fully saturated rings. The quantitative estimate of drug-likeness (QED) is 0.177. The number of benzene rings is 3. The van der Waals surface area contributed by atoms with Gasteiger partial charge in [0.15, 0.2) is 0 Å². The Bertz CT molecular complexity index is 1590. The van der Waals surface area contributed by atoms with E-state index < -0.39 is 24.1 Å². The van der Waals surface area contributed by atoms with Crippen LogP contribution in [0.1, 0.15) is 60.3 Å². The van der Waals surface area contributed by atoms with Crippen molar-refractivity contribution in [1.82, 2.24) is 25.8 Å². The van der Waals surface area contributed by atoms with Crippen LogP contribution in [0, 0.1) is 0 Å². The van der Waals surface area contributed by atoms with Crippen LogP contribution in [0.25, 0.3) is 0 Å². The van der Waals surface area contributed by atoms with Crippen molar-refractivity contribution in [3.05, 3.63) is 107 Å². The van der Waals surface area contributed by atoms with Gasteiger partial charge in [0.25, 0.3) is 0 Å². The van der Waals surface area contributed by atoms with Crippen LogP contribution in [-0.2, 0) is 36.9 Å². The molecule has 2 aliphatic heterocycles. The van der Waals surface area contributed by atoms with Crippen molar-refractivity contribution >= 4 is 29.7 Å². The van der Waals surface area contributed by atoms with Gasteiger partial charge >= 0.3 is 6.09 Å². The number of carbonyl (C=O) groups is 5. The molecule has 12 heteroatoms. The highest BCUT2D eigenvalue weighted by molar-refractivity contribution is 5.90. The molecule has 3 aromatic carbocycles. The minimum atomic E-state index is -1.29. The van der Waals surface area contributed by atoms with Crippen molar-refractivity contribution < 1.29 is 33.8 Å². The lowest BCUT2D eigenvalue weighted by Crippen LogP contribution is -2.53. The number of nitrogens with one attached hydrogen (secondary N) is 3. The molecule has 2 aliphatic rings. The van der Waals surface area contributed by atoms with Crippen molar-refractivity contribution in [2.45, 2.75) is 63.1 Å². The lowest BCUT2D eigenvalue weighted by atomic mass is 9.91. The minimum absolute atomic E-state index is 0.0135. The SMILES string of the molecule is O=C(O)N[C@@H](CCCCNC(=O)[C@@H]1Cc2ccccc2CN1C(=O)CCC(=O)N1CCOCC1)C(=O)NCC(c1ccccc1)c1ccccc1. The molecular formula is C39H47N5O7. The fraction of sp³-hybridized carbons (Fsp3) is 0.410. The normalized spacial score (nSPS) is 16.1. The van der Waals surface area contributed by atoms with Gasteiger partial charge in [0.1, 0.15) is 12.1 Å². The van der Waals surface area contributed by atoms with E-state index in [1.165, 1.54) is 0 Å². The third-order valence-electron chi connectivity index (χ3n) is 9.51. The molecule has 0 saturated carbocycles. The van der Waals surface area contributed by atoms with Crippen LogP contribution in [0.3, 0.4) is 0 Å². The molecule has 0 unspecified atom stereocenters. The molecule has 5 amide bonds. The van der Waals surface area contributed by atoms with Crippen molar-refractivity contribution in [3.63, 3.8) is 0 Å². The molecule has 12 nitrogen and oxygen atoms in total. The summed E-state index contributed by atoms with van der Waals surface area (Å²) in [5, 5.41) is 17.7. The van der Waals surface area contributed by atoms with Crippen LogP contribution < -0.4 is 16.0 Å². The Morgan fingerprint density at radius 3 is 2.02 bits per heavy atom. The van der Waals surface area contributed by atoms with E-state index in [2.05, 4.69) is 16.0 Å². The summed E-state index contributed by atoms with van der Waals surface area (Å²) in [6, 6.07) is 25.7. The van der Waals surface area contributed by atoms with Gasteiger partial charge in [0.05, 0.1) is 13.2 Å². The maximum atomic E-state index is 13.5. The van der Waals surface area contributed by atoms with Crippen molar-refractivity contribution in [3.8, 4) is 0 Å². The Morgan fingerprint density at radius 1 is 0.765 bits per heavy atom. The van der Waals surface area contributed by atoms with E-state index in [1.54, 1.807) is 9.80 Å². The van der Waals surface area contributed by atoms with Gasteiger partial charge in [-0.3, -0.25) is 19.2 Å². The number of hydrogen-bond acceptors (Lipinski definition) is 6. The van der Waals surface area contributed by atoms with Gasteiger partial charge in [-0.05, 0) is 41.5 Å². The van der Waals surface area contributed by atoms with Crippen molar-refractivity contribution in [2.24, 2.45) is 0 Å². The first-order valence-electron chi connectivity index (χ1n) is 17.7. The summed E-state index contributed by atoms with van der Waals surface area (Å²) >= 11 is 0. The largest absolute Gasteiger partial charge is 0.465 e. The van der Waals surface area contributed by atoms with Gasteiger partial charge in [-0.25, -0.2) is 4.79 Å². The zero-order valence-corrected chi connectivity index (χ0v) is 28.8. The zero-order chi connectivity index (χ0) is 36.0. The lowest BCUT2D eigenvalue weighted by Gasteiger charge is -2.36. The van der Waals surface area contributed by atoms with Crippen LogP contribution in [0.5, 0.6) is 0 Å². The predicted octanol–water partition coefficient (Wildman–Crippen LogP) is 3.45. The van der Waals surface area contributed by atoms with Crippen molar-refractivity contribution in [1.29, 1.82) is 0 Å².